The molecule has 0 radical (unpaired) electrons. The Hall–Kier alpha value is -1.71. The molecule has 1 aromatic rings. The van der Waals surface area contributed by atoms with E-state index in [2.05, 4.69) is 10.6 Å². The van der Waals surface area contributed by atoms with Crippen LogP contribution in [0.3, 0.4) is 0 Å². The van der Waals surface area contributed by atoms with E-state index >= 15 is 0 Å². The predicted octanol–water partition coefficient (Wildman–Crippen LogP) is 1.31. The largest absolute Gasteiger partial charge is 0.465 e. The van der Waals surface area contributed by atoms with Gasteiger partial charge in [-0.15, -0.1) is 0 Å². The highest BCUT2D eigenvalue weighted by atomic mass is 16.5. The number of ether oxygens (including phenoxy) is 1. The van der Waals surface area contributed by atoms with E-state index in [1.54, 1.807) is 6.07 Å². The molecule has 1 aliphatic heterocycles. The second kappa shape index (κ2) is 3.57. The van der Waals surface area contributed by atoms with Gasteiger partial charge in [-0.25, -0.2) is 4.79 Å². The molecule has 0 spiro atoms. The summed E-state index contributed by atoms with van der Waals surface area (Å²) >= 11 is 0. The van der Waals surface area contributed by atoms with Gasteiger partial charge in [0.15, 0.2) is 0 Å². The van der Waals surface area contributed by atoms with Gasteiger partial charge < -0.3 is 15.4 Å². The molecular weight excluding hydrogens is 180 g/mol. The van der Waals surface area contributed by atoms with Crippen LogP contribution in [-0.4, -0.2) is 26.2 Å². The number of benzene rings is 1. The maximum Gasteiger partial charge on any atom is 0.340 e. The Morgan fingerprint density at radius 3 is 2.93 bits per heavy atom. The average molecular weight is 192 g/mol. The summed E-state index contributed by atoms with van der Waals surface area (Å²) in [6.45, 7) is 1.69. The van der Waals surface area contributed by atoms with Crippen LogP contribution in [0.5, 0.6) is 0 Å². The first kappa shape index (κ1) is 8.87. The number of hydrogen-bond donors (Lipinski definition) is 2. The number of nitrogens with one attached hydrogen (secondary N) is 2. The van der Waals surface area contributed by atoms with Gasteiger partial charge in [-0.2, -0.15) is 0 Å². The minimum atomic E-state index is -0.307. The summed E-state index contributed by atoms with van der Waals surface area (Å²) in [5, 5.41) is 6.39. The molecule has 0 saturated heterocycles. The summed E-state index contributed by atoms with van der Waals surface area (Å²) in [5.41, 5.74) is 2.38. The number of hydrogen-bond acceptors (Lipinski definition) is 4. The number of carbonyl (C=O) groups excluding carboxylic acids is 1. The van der Waals surface area contributed by atoms with Crippen molar-refractivity contribution in [3.05, 3.63) is 23.8 Å². The van der Waals surface area contributed by atoms with Gasteiger partial charge in [0.25, 0.3) is 0 Å². The number of carbonyl (C=O) groups is 1. The van der Waals surface area contributed by atoms with E-state index in [4.69, 9.17) is 4.74 Å². The molecule has 4 heteroatoms. The normalized spacial score (nSPS) is 13.5. The third-order valence-electron chi connectivity index (χ3n) is 2.21. The van der Waals surface area contributed by atoms with Gasteiger partial charge >= 0.3 is 5.97 Å². The van der Waals surface area contributed by atoms with Crippen molar-refractivity contribution in [1.29, 1.82) is 0 Å². The van der Waals surface area contributed by atoms with Gasteiger partial charge in [0, 0.05) is 13.1 Å². The molecule has 4 nitrogen and oxygen atoms in total. The fourth-order valence-electron chi connectivity index (χ4n) is 1.55. The van der Waals surface area contributed by atoms with Gasteiger partial charge in [-0.05, 0) is 12.1 Å². The first-order chi connectivity index (χ1) is 6.83. The zero-order valence-electron chi connectivity index (χ0n) is 7.96. The van der Waals surface area contributed by atoms with Gasteiger partial charge in [-0.1, -0.05) is 6.07 Å². The molecule has 0 unspecified atom stereocenters. The molecule has 74 valence electrons. The van der Waals surface area contributed by atoms with E-state index in [9.17, 15) is 4.79 Å². The Morgan fingerprint density at radius 2 is 2.14 bits per heavy atom. The zero-order chi connectivity index (χ0) is 9.97. The van der Waals surface area contributed by atoms with Crippen molar-refractivity contribution >= 4 is 17.3 Å². The summed E-state index contributed by atoms with van der Waals surface area (Å²) in [6.07, 6.45) is 0. The first-order valence-electron chi connectivity index (χ1n) is 4.52. The Kier molecular flexibility index (Phi) is 2.26. The molecular formula is C10H12N2O2. The maximum absolute atomic E-state index is 11.4. The molecule has 0 saturated carbocycles. The van der Waals surface area contributed by atoms with Crippen molar-refractivity contribution in [3.63, 3.8) is 0 Å². The SMILES string of the molecule is COC(=O)c1cccc2c1NCCN2. The zero-order valence-corrected chi connectivity index (χ0v) is 7.96. The predicted molar refractivity (Wildman–Crippen MR) is 54.8 cm³/mol. The topological polar surface area (TPSA) is 50.4 Å². The monoisotopic (exact) mass is 192 g/mol. The Morgan fingerprint density at radius 1 is 1.36 bits per heavy atom. The van der Waals surface area contributed by atoms with Crippen molar-refractivity contribution in [2.75, 3.05) is 30.8 Å². The molecule has 2 rings (SSSR count). The molecule has 0 atom stereocenters. The number of fused-ring (bicyclic) bond motifs is 1. The average Bonchev–Trinajstić information content (AvgIpc) is 2.27. The first-order valence-corrected chi connectivity index (χ1v) is 4.52. The number of esters is 1. The molecule has 2 N–H and O–H groups in total. The smallest absolute Gasteiger partial charge is 0.340 e. The highest BCUT2D eigenvalue weighted by Gasteiger charge is 2.16. The molecule has 1 aromatic carbocycles. The molecule has 0 fully saturated rings. The molecule has 14 heavy (non-hydrogen) atoms. The fourth-order valence-corrected chi connectivity index (χ4v) is 1.55. The second-order valence-corrected chi connectivity index (χ2v) is 3.07. The summed E-state index contributed by atoms with van der Waals surface area (Å²) in [5.74, 6) is -0.307. The Labute approximate surface area is 82.3 Å². The van der Waals surface area contributed by atoms with Crippen LogP contribution in [0.1, 0.15) is 10.4 Å². The minimum Gasteiger partial charge on any atom is -0.465 e. The lowest BCUT2D eigenvalue weighted by Crippen LogP contribution is -2.22. The number of rotatable bonds is 1. The lowest BCUT2D eigenvalue weighted by atomic mass is 10.1. The van der Waals surface area contributed by atoms with Crippen LogP contribution >= 0.6 is 0 Å². The van der Waals surface area contributed by atoms with Gasteiger partial charge in [-0.3, -0.25) is 0 Å². The third-order valence-corrected chi connectivity index (χ3v) is 2.21. The molecule has 0 aromatic heterocycles. The number of para-hydroxylation sites is 1. The summed E-state index contributed by atoms with van der Waals surface area (Å²) in [6, 6.07) is 5.53. The summed E-state index contributed by atoms with van der Waals surface area (Å²) in [7, 11) is 1.39. The lowest BCUT2D eigenvalue weighted by molar-refractivity contribution is 0.0602. The summed E-state index contributed by atoms with van der Waals surface area (Å²) < 4.78 is 4.70. The van der Waals surface area contributed by atoms with E-state index in [0.29, 0.717) is 5.56 Å². The van der Waals surface area contributed by atoms with Gasteiger partial charge in [0.1, 0.15) is 0 Å². The van der Waals surface area contributed by atoms with Crippen LogP contribution in [-0.2, 0) is 4.74 Å². The van der Waals surface area contributed by atoms with Gasteiger partial charge in [0.2, 0.25) is 0 Å². The summed E-state index contributed by atoms with van der Waals surface area (Å²) in [4.78, 5) is 11.4. The number of methoxy groups -OCH3 is 1. The van der Waals surface area contributed by atoms with E-state index in [1.807, 2.05) is 12.1 Å². The van der Waals surface area contributed by atoms with Crippen molar-refractivity contribution < 1.29 is 9.53 Å². The second-order valence-electron chi connectivity index (χ2n) is 3.07. The maximum atomic E-state index is 11.4. The van der Waals surface area contributed by atoms with E-state index in [0.717, 1.165) is 24.5 Å². The van der Waals surface area contributed by atoms with E-state index < -0.39 is 0 Å². The molecule has 0 bridgehead atoms. The third kappa shape index (κ3) is 1.39. The molecule has 0 amide bonds. The Bertz CT molecular complexity index is 363. The van der Waals surface area contributed by atoms with Crippen LogP contribution in [0.25, 0.3) is 0 Å². The molecule has 1 heterocycles. The van der Waals surface area contributed by atoms with Crippen LogP contribution in [0.15, 0.2) is 18.2 Å². The number of anilines is 2. The highest BCUT2D eigenvalue weighted by molar-refractivity contribution is 5.99. The van der Waals surface area contributed by atoms with E-state index in [-0.39, 0.29) is 5.97 Å². The highest BCUT2D eigenvalue weighted by Crippen LogP contribution is 2.28. The standard InChI is InChI=1S/C10H12N2O2/c1-14-10(13)7-3-2-4-8-9(7)12-6-5-11-8/h2-4,11-12H,5-6H2,1H3. The van der Waals surface area contributed by atoms with Crippen molar-refractivity contribution in [2.24, 2.45) is 0 Å². The Balaban J connectivity index is 2.45. The fraction of sp³-hybridized carbons (Fsp3) is 0.300. The lowest BCUT2D eigenvalue weighted by Gasteiger charge is -2.21. The van der Waals surface area contributed by atoms with Crippen molar-refractivity contribution in [1.82, 2.24) is 0 Å². The van der Waals surface area contributed by atoms with Crippen LogP contribution in [0.4, 0.5) is 11.4 Å². The quantitative estimate of drug-likeness (QED) is 0.659. The van der Waals surface area contributed by atoms with Crippen molar-refractivity contribution in [3.8, 4) is 0 Å². The van der Waals surface area contributed by atoms with E-state index in [1.165, 1.54) is 7.11 Å². The van der Waals surface area contributed by atoms with Crippen LogP contribution in [0, 0.1) is 0 Å². The van der Waals surface area contributed by atoms with Gasteiger partial charge in [0.05, 0.1) is 24.0 Å². The minimum absolute atomic E-state index is 0.307. The van der Waals surface area contributed by atoms with Crippen LogP contribution in [0.2, 0.25) is 0 Å². The molecule has 0 aliphatic carbocycles. The van der Waals surface area contributed by atoms with Crippen molar-refractivity contribution in [2.45, 2.75) is 0 Å². The van der Waals surface area contributed by atoms with Crippen LogP contribution < -0.4 is 10.6 Å². The molecule has 1 aliphatic rings.